The smallest absolute Gasteiger partial charge is 0.234 e. The first kappa shape index (κ1) is 14.1. The Morgan fingerprint density at radius 2 is 2.24 bits per heavy atom. The number of ether oxygens (including phenoxy) is 1. The van der Waals surface area contributed by atoms with E-state index in [4.69, 9.17) is 4.74 Å². The Balaban J connectivity index is 2.17. The van der Waals surface area contributed by atoms with Crippen molar-refractivity contribution in [2.45, 2.75) is 20.4 Å². The highest BCUT2D eigenvalue weighted by atomic mass is 32.1. The van der Waals surface area contributed by atoms with Gasteiger partial charge < -0.3 is 15.4 Å². The highest BCUT2D eigenvalue weighted by Gasteiger charge is 2.04. The lowest BCUT2D eigenvalue weighted by atomic mass is 10.4. The summed E-state index contributed by atoms with van der Waals surface area (Å²) in [4.78, 5) is 16.9. The Kier molecular flexibility index (Phi) is 6.10. The van der Waals surface area contributed by atoms with Crippen LogP contribution in [0.1, 0.15) is 15.6 Å². The van der Waals surface area contributed by atoms with E-state index in [1.165, 1.54) is 4.88 Å². The minimum Gasteiger partial charge on any atom is -0.383 e. The summed E-state index contributed by atoms with van der Waals surface area (Å²) in [6, 6.07) is 0. The van der Waals surface area contributed by atoms with E-state index in [1.807, 2.05) is 13.8 Å². The van der Waals surface area contributed by atoms with Gasteiger partial charge in [-0.05, 0) is 13.8 Å². The van der Waals surface area contributed by atoms with Crippen molar-refractivity contribution in [3.8, 4) is 0 Å². The topological polar surface area (TPSA) is 63.2 Å². The van der Waals surface area contributed by atoms with E-state index in [2.05, 4.69) is 15.6 Å². The van der Waals surface area contributed by atoms with Crippen molar-refractivity contribution in [1.82, 2.24) is 15.6 Å². The summed E-state index contributed by atoms with van der Waals surface area (Å²) in [5, 5.41) is 6.83. The number of carbonyl (C=O) groups excluding carboxylic acids is 1. The summed E-state index contributed by atoms with van der Waals surface area (Å²) < 4.78 is 4.84. The van der Waals surface area contributed by atoms with Crippen LogP contribution < -0.4 is 10.6 Å². The van der Waals surface area contributed by atoms with Crippen LogP contribution in [0.5, 0.6) is 0 Å². The predicted molar refractivity (Wildman–Crippen MR) is 68.2 cm³/mol. The molecule has 96 valence electrons. The molecular weight excluding hydrogens is 238 g/mol. The SMILES string of the molecule is COCCNC(=O)CNCc1nc(C)c(C)s1. The van der Waals surface area contributed by atoms with E-state index in [0.717, 1.165) is 10.7 Å². The summed E-state index contributed by atoms with van der Waals surface area (Å²) in [5.41, 5.74) is 1.07. The van der Waals surface area contributed by atoms with Gasteiger partial charge in [0.1, 0.15) is 5.01 Å². The van der Waals surface area contributed by atoms with Gasteiger partial charge in [0, 0.05) is 25.1 Å². The Bertz CT molecular complexity index is 346. The van der Waals surface area contributed by atoms with Crippen LogP contribution in [0.15, 0.2) is 0 Å². The molecule has 17 heavy (non-hydrogen) atoms. The number of aryl methyl sites for hydroxylation is 2. The third-order valence-electron chi connectivity index (χ3n) is 2.26. The molecule has 0 aliphatic heterocycles. The molecule has 1 amide bonds. The predicted octanol–water partition coefficient (Wildman–Crippen LogP) is 0.612. The van der Waals surface area contributed by atoms with Crippen LogP contribution >= 0.6 is 11.3 Å². The van der Waals surface area contributed by atoms with Crippen LogP contribution in [-0.2, 0) is 16.1 Å². The van der Waals surface area contributed by atoms with Gasteiger partial charge in [-0.25, -0.2) is 4.98 Å². The summed E-state index contributed by atoms with van der Waals surface area (Å²) >= 11 is 1.66. The maximum absolute atomic E-state index is 11.3. The minimum atomic E-state index is -0.0212. The second-order valence-electron chi connectivity index (χ2n) is 3.70. The zero-order valence-corrected chi connectivity index (χ0v) is 11.3. The van der Waals surface area contributed by atoms with Crippen molar-refractivity contribution in [1.29, 1.82) is 0 Å². The average Bonchev–Trinajstić information content (AvgIpc) is 2.59. The number of hydrogen-bond donors (Lipinski definition) is 2. The minimum absolute atomic E-state index is 0.0212. The first-order chi connectivity index (χ1) is 8.13. The first-order valence-corrected chi connectivity index (χ1v) is 6.34. The van der Waals surface area contributed by atoms with Crippen LogP contribution in [0, 0.1) is 13.8 Å². The molecule has 0 bridgehead atoms. The zero-order chi connectivity index (χ0) is 12.7. The van der Waals surface area contributed by atoms with E-state index in [1.54, 1.807) is 18.4 Å². The quantitative estimate of drug-likeness (QED) is 0.703. The Labute approximate surface area is 106 Å². The van der Waals surface area contributed by atoms with E-state index in [9.17, 15) is 4.79 Å². The van der Waals surface area contributed by atoms with E-state index in [-0.39, 0.29) is 5.91 Å². The van der Waals surface area contributed by atoms with Crippen molar-refractivity contribution < 1.29 is 9.53 Å². The third-order valence-corrected chi connectivity index (χ3v) is 3.34. The average molecular weight is 257 g/mol. The molecule has 0 spiro atoms. The lowest BCUT2D eigenvalue weighted by molar-refractivity contribution is -0.120. The van der Waals surface area contributed by atoms with Gasteiger partial charge in [0.05, 0.1) is 18.8 Å². The second kappa shape index (κ2) is 7.37. The van der Waals surface area contributed by atoms with E-state index >= 15 is 0 Å². The van der Waals surface area contributed by atoms with Crippen molar-refractivity contribution in [3.63, 3.8) is 0 Å². The molecule has 0 radical (unpaired) electrons. The Morgan fingerprint density at radius 1 is 1.47 bits per heavy atom. The molecule has 6 heteroatoms. The largest absolute Gasteiger partial charge is 0.383 e. The number of nitrogens with zero attached hydrogens (tertiary/aromatic N) is 1. The second-order valence-corrected chi connectivity index (χ2v) is 4.98. The van der Waals surface area contributed by atoms with Crippen LogP contribution in [0.25, 0.3) is 0 Å². The van der Waals surface area contributed by atoms with Crippen LogP contribution in [0.2, 0.25) is 0 Å². The number of carbonyl (C=O) groups is 1. The van der Waals surface area contributed by atoms with Gasteiger partial charge in [-0.1, -0.05) is 0 Å². The molecule has 2 N–H and O–H groups in total. The fraction of sp³-hybridized carbons (Fsp3) is 0.636. The van der Waals surface area contributed by atoms with Gasteiger partial charge in [-0.2, -0.15) is 0 Å². The number of thiazole rings is 1. The molecule has 0 fully saturated rings. The van der Waals surface area contributed by atoms with Crippen molar-refractivity contribution in [2.24, 2.45) is 0 Å². The van der Waals surface area contributed by atoms with Crippen LogP contribution in [0.4, 0.5) is 0 Å². The summed E-state index contributed by atoms with van der Waals surface area (Å²) in [7, 11) is 1.61. The monoisotopic (exact) mass is 257 g/mol. The van der Waals surface area contributed by atoms with E-state index in [0.29, 0.717) is 26.2 Å². The molecule has 1 aromatic rings. The highest BCUT2D eigenvalue weighted by molar-refractivity contribution is 7.11. The van der Waals surface area contributed by atoms with Crippen molar-refractivity contribution >= 4 is 17.2 Å². The maximum atomic E-state index is 11.3. The number of nitrogens with one attached hydrogen (secondary N) is 2. The van der Waals surface area contributed by atoms with Gasteiger partial charge in [0.25, 0.3) is 0 Å². The number of rotatable bonds is 7. The summed E-state index contributed by atoms with van der Waals surface area (Å²) in [5.74, 6) is -0.0212. The van der Waals surface area contributed by atoms with Gasteiger partial charge in [0.15, 0.2) is 0 Å². The van der Waals surface area contributed by atoms with Gasteiger partial charge in [-0.3, -0.25) is 4.79 Å². The number of methoxy groups -OCH3 is 1. The molecule has 5 nitrogen and oxygen atoms in total. The molecule has 0 aliphatic rings. The zero-order valence-electron chi connectivity index (χ0n) is 10.5. The lowest BCUT2D eigenvalue weighted by Gasteiger charge is -2.04. The van der Waals surface area contributed by atoms with Gasteiger partial charge >= 0.3 is 0 Å². The number of hydrogen-bond acceptors (Lipinski definition) is 5. The molecular formula is C11H19N3O2S. The van der Waals surface area contributed by atoms with Gasteiger partial charge in [0.2, 0.25) is 5.91 Å². The molecule has 0 saturated carbocycles. The van der Waals surface area contributed by atoms with E-state index < -0.39 is 0 Å². The van der Waals surface area contributed by atoms with Crippen molar-refractivity contribution in [3.05, 3.63) is 15.6 Å². The fourth-order valence-corrected chi connectivity index (χ4v) is 2.16. The Morgan fingerprint density at radius 3 is 2.82 bits per heavy atom. The molecule has 0 aromatic carbocycles. The summed E-state index contributed by atoms with van der Waals surface area (Å²) in [6.45, 7) is 6.07. The summed E-state index contributed by atoms with van der Waals surface area (Å²) in [6.07, 6.45) is 0. The standard InChI is InChI=1S/C11H19N3O2S/c1-8-9(2)17-11(14-8)7-12-6-10(15)13-4-5-16-3/h12H,4-7H2,1-3H3,(H,13,15). The van der Waals surface area contributed by atoms with Gasteiger partial charge in [-0.15, -0.1) is 11.3 Å². The molecule has 0 saturated heterocycles. The van der Waals surface area contributed by atoms with Crippen molar-refractivity contribution in [2.75, 3.05) is 26.8 Å². The first-order valence-electron chi connectivity index (χ1n) is 5.52. The fourth-order valence-electron chi connectivity index (χ4n) is 1.25. The normalized spacial score (nSPS) is 10.5. The lowest BCUT2D eigenvalue weighted by Crippen LogP contribution is -2.35. The molecule has 0 aliphatic carbocycles. The molecule has 1 aromatic heterocycles. The number of amides is 1. The maximum Gasteiger partial charge on any atom is 0.234 e. The third kappa shape index (κ3) is 5.25. The Hall–Kier alpha value is -0.980. The molecule has 1 rings (SSSR count). The highest BCUT2D eigenvalue weighted by Crippen LogP contribution is 2.15. The molecule has 1 heterocycles. The number of aromatic nitrogens is 1. The molecule has 0 atom stereocenters. The molecule has 0 unspecified atom stereocenters. The van der Waals surface area contributed by atoms with Crippen LogP contribution in [-0.4, -0.2) is 37.7 Å². The van der Waals surface area contributed by atoms with Crippen LogP contribution in [0.3, 0.4) is 0 Å².